The molecule has 6 heteroatoms. The quantitative estimate of drug-likeness (QED) is 0.894. The zero-order valence-electron chi connectivity index (χ0n) is 10.3. The van der Waals surface area contributed by atoms with Gasteiger partial charge in [-0.3, -0.25) is 4.79 Å². The van der Waals surface area contributed by atoms with E-state index in [0.717, 1.165) is 0 Å². The molecule has 0 radical (unpaired) electrons. The van der Waals surface area contributed by atoms with Crippen LogP contribution in [0.1, 0.15) is 16.4 Å². The normalized spacial score (nSPS) is 13.1. The molecule has 0 bridgehead atoms. The van der Waals surface area contributed by atoms with E-state index in [2.05, 4.69) is 10.3 Å². The van der Waals surface area contributed by atoms with Crippen LogP contribution in [0, 0.1) is 6.92 Å². The largest absolute Gasteiger partial charge is 0.486 e. The van der Waals surface area contributed by atoms with E-state index in [9.17, 15) is 4.79 Å². The number of nitrogens with one attached hydrogen (secondary N) is 1. The summed E-state index contributed by atoms with van der Waals surface area (Å²) in [5.74, 6) is 1.43. The molecule has 19 heavy (non-hydrogen) atoms. The molecule has 1 aromatic heterocycles. The molecule has 0 saturated carbocycles. The Morgan fingerprint density at radius 1 is 1.26 bits per heavy atom. The van der Waals surface area contributed by atoms with Crippen molar-refractivity contribution in [3.8, 4) is 11.5 Å². The molecule has 0 aliphatic carbocycles. The van der Waals surface area contributed by atoms with Crippen LogP contribution in [-0.4, -0.2) is 24.1 Å². The Kier molecular flexibility index (Phi) is 2.83. The minimum atomic E-state index is -0.325. The van der Waals surface area contributed by atoms with E-state index in [4.69, 9.17) is 13.9 Å². The highest BCUT2D eigenvalue weighted by Gasteiger charge is 2.14. The van der Waals surface area contributed by atoms with E-state index in [1.54, 1.807) is 25.1 Å². The molecule has 2 aromatic rings. The fraction of sp³-hybridized carbons (Fsp3) is 0.231. The first-order chi connectivity index (χ1) is 9.22. The summed E-state index contributed by atoms with van der Waals surface area (Å²) in [6.45, 7) is 2.73. The Labute approximate surface area is 109 Å². The highest BCUT2D eigenvalue weighted by Crippen LogP contribution is 2.32. The van der Waals surface area contributed by atoms with Gasteiger partial charge in [0.2, 0.25) is 0 Å². The summed E-state index contributed by atoms with van der Waals surface area (Å²) in [5, 5.41) is 2.72. The van der Waals surface area contributed by atoms with Crippen LogP contribution in [0.25, 0.3) is 0 Å². The molecule has 0 saturated heterocycles. The predicted molar refractivity (Wildman–Crippen MR) is 66.6 cm³/mol. The van der Waals surface area contributed by atoms with Gasteiger partial charge in [0.05, 0.1) is 0 Å². The zero-order valence-corrected chi connectivity index (χ0v) is 10.3. The van der Waals surface area contributed by atoms with Crippen LogP contribution in [0.15, 0.2) is 28.9 Å². The van der Waals surface area contributed by atoms with Crippen LogP contribution in [0.2, 0.25) is 0 Å². The lowest BCUT2D eigenvalue weighted by Crippen LogP contribution is -2.16. The van der Waals surface area contributed by atoms with E-state index < -0.39 is 0 Å². The number of benzene rings is 1. The summed E-state index contributed by atoms with van der Waals surface area (Å²) in [6.07, 6.45) is 1.32. The van der Waals surface area contributed by atoms with Crippen molar-refractivity contribution >= 4 is 11.6 Å². The monoisotopic (exact) mass is 260 g/mol. The molecule has 0 spiro atoms. The smallest absolute Gasteiger partial charge is 0.277 e. The van der Waals surface area contributed by atoms with Gasteiger partial charge in [0.15, 0.2) is 23.1 Å². The maximum Gasteiger partial charge on any atom is 0.277 e. The van der Waals surface area contributed by atoms with E-state index in [0.29, 0.717) is 36.3 Å². The number of carbonyl (C=O) groups is 1. The number of aromatic nitrogens is 1. The molecule has 1 N–H and O–H groups in total. The van der Waals surface area contributed by atoms with Crippen LogP contribution in [0.4, 0.5) is 5.69 Å². The number of fused-ring (bicyclic) bond motifs is 1. The number of rotatable bonds is 2. The Balaban J connectivity index is 1.78. The molecule has 1 aliphatic rings. The number of hydrogen-bond acceptors (Lipinski definition) is 5. The van der Waals surface area contributed by atoms with Gasteiger partial charge in [-0.05, 0) is 12.1 Å². The van der Waals surface area contributed by atoms with Gasteiger partial charge in [-0.1, -0.05) is 0 Å². The van der Waals surface area contributed by atoms with Gasteiger partial charge in [0, 0.05) is 18.7 Å². The molecular formula is C13H12N2O4. The molecule has 1 aromatic carbocycles. The van der Waals surface area contributed by atoms with Crippen LogP contribution >= 0.6 is 0 Å². The number of aryl methyl sites for hydroxylation is 1. The van der Waals surface area contributed by atoms with Crippen molar-refractivity contribution in [3.63, 3.8) is 0 Å². The van der Waals surface area contributed by atoms with E-state index in [-0.39, 0.29) is 11.6 Å². The number of amides is 1. The average molecular weight is 260 g/mol. The molecule has 3 rings (SSSR count). The Morgan fingerprint density at radius 3 is 2.79 bits per heavy atom. The number of carbonyl (C=O) groups excluding carboxylic acids is 1. The third-order valence-electron chi connectivity index (χ3n) is 2.65. The maximum absolute atomic E-state index is 11.9. The van der Waals surface area contributed by atoms with Crippen molar-refractivity contribution < 1.29 is 18.7 Å². The van der Waals surface area contributed by atoms with Crippen molar-refractivity contribution in [1.82, 2.24) is 4.98 Å². The Hall–Kier alpha value is -2.50. The fourth-order valence-electron chi connectivity index (χ4n) is 1.78. The van der Waals surface area contributed by atoms with Crippen molar-refractivity contribution in [1.29, 1.82) is 0 Å². The topological polar surface area (TPSA) is 73.6 Å². The summed E-state index contributed by atoms with van der Waals surface area (Å²) in [6, 6.07) is 5.23. The van der Waals surface area contributed by atoms with E-state index >= 15 is 0 Å². The molecule has 6 nitrogen and oxygen atoms in total. The molecule has 2 heterocycles. The van der Waals surface area contributed by atoms with E-state index in [1.165, 1.54) is 6.26 Å². The van der Waals surface area contributed by atoms with Gasteiger partial charge < -0.3 is 19.2 Å². The minimum absolute atomic E-state index is 0.243. The van der Waals surface area contributed by atoms with Crippen molar-refractivity contribution in [3.05, 3.63) is 36.0 Å². The fourth-order valence-corrected chi connectivity index (χ4v) is 1.78. The highest BCUT2D eigenvalue weighted by atomic mass is 16.6. The predicted octanol–water partition coefficient (Wildman–Crippen LogP) is 2.01. The molecule has 98 valence electrons. The van der Waals surface area contributed by atoms with Gasteiger partial charge in [-0.2, -0.15) is 0 Å². The standard InChI is InChI=1S/C13H12N2O4/c1-8-14-10(7-19-8)13(16)15-9-2-3-11-12(6-9)18-5-4-17-11/h2-3,6-7H,4-5H2,1H3,(H,15,16). The average Bonchev–Trinajstić information content (AvgIpc) is 2.85. The number of hydrogen-bond donors (Lipinski definition) is 1. The van der Waals surface area contributed by atoms with Crippen LogP contribution in [0.3, 0.4) is 0 Å². The zero-order chi connectivity index (χ0) is 13.2. The second-order valence-corrected chi connectivity index (χ2v) is 4.06. The number of ether oxygens (including phenoxy) is 2. The second kappa shape index (κ2) is 4.64. The molecular weight excluding hydrogens is 248 g/mol. The van der Waals surface area contributed by atoms with Crippen molar-refractivity contribution in [2.45, 2.75) is 6.92 Å². The lowest BCUT2D eigenvalue weighted by atomic mass is 10.2. The SMILES string of the molecule is Cc1nc(C(=O)Nc2ccc3c(c2)OCCO3)co1. The first kappa shape index (κ1) is 11.6. The summed E-state index contributed by atoms with van der Waals surface area (Å²) in [4.78, 5) is 15.8. The van der Waals surface area contributed by atoms with Gasteiger partial charge in [-0.25, -0.2) is 4.98 Å². The van der Waals surface area contributed by atoms with Crippen LogP contribution < -0.4 is 14.8 Å². The summed E-state index contributed by atoms with van der Waals surface area (Å²) >= 11 is 0. The summed E-state index contributed by atoms with van der Waals surface area (Å²) in [7, 11) is 0. The van der Waals surface area contributed by atoms with Gasteiger partial charge in [0.1, 0.15) is 19.5 Å². The van der Waals surface area contributed by atoms with Crippen LogP contribution in [-0.2, 0) is 0 Å². The molecule has 0 atom stereocenters. The first-order valence-electron chi connectivity index (χ1n) is 5.85. The number of nitrogens with zero attached hydrogens (tertiary/aromatic N) is 1. The van der Waals surface area contributed by atoms with Crippen molar-refractivity contribution in [2.75, 3.05) is 18.5 Å². The van der Waals surface area contributed by atoms with Gasteiger partial charge in [-0.15, -0.1) is 0 Å². The third kappa shape index (κ3) is 2.37. The lowest BCUT2D eigenvalue weighted by Gasteiger charge is -2.18. The third-order valence-corrected chi connectivity index (χ3v) is 2.65. The number of anilines is 1. The number of oxazole rings is 1. The minimum Gasteiger partial charge on any atom is -0.486 e. The van der Waals surface area contributed by atoms with Crippen LogP contribution in [0.5, 0.6) is 11.5 Å². The lowest BCUT2D eigenvalue weighted by molar-refractivity contribution is 0.102. The second-order valence-electron chi connectivity index (χ2n) is 4.06. The van der Waals surface area contributed by atoms with Gasteiger partial charge >= 0.3 is 0 Å². The van der Waals surface area contributed by atoms with Gasteiger partial charge in [0.25, 0.3) is 5.91 Å². The van der Waals surface area contributed by atoms with E-state index in [1.807, 2.05) is 0 Å². The maximum atomic E-state index is 11.9. The Morgan fingerprint density at radius 2 is 2.05 bits per heavy atom. The highest BCUT2D eigenvalue weighted by molar-refractivity contribution is 6.02. The Bertz CT molecular complexity index is 621. The molecule has 0 unspecified atom stereocenters. The first-order valence-corrected chi connectivity index (χ1v) is 5.85. The van der Waals surface area contributed by atoms with Crippen molar-refractivity contribution in [2.24, 2.45) is 0 Å². The molecule has 1 amide bonds. The molecule has 0 fully saturated rings. The summed E-state index contributed by atoms with van der Waals surface area (Å²) < 4.78 is 15.8. The molecule has 1 aliphatic heterocycles. The summed E-state index contributed by atoms with van der Waals surface area (Å²) in [5.41, 5.74) is 0.863.